The maximum absolute atomic E-state index is 12.4. The van der Waals surface area contributed by atoms with Crippen LogP contribution in [0.3, 0.4) is 0 Å². The summed E-state index contributed by atoms with van der Waals surface area (Å²) in [5.74, 6) is -0.676. The van der Waals surface area contributed by atoms with Crippen LogP contribution in [0.25, 0.3) is 0 Å². The second-order valence-electron chi connectivity index (χ2n) is 6.16. The molecule has 6 nitrogen and oxygen atoms in total. The van der Waals surface area contributed by atoms with Gasteiger partial charge in [0, 0.05) is 4.88 Å². The molecular weight excluding hydrogens is 388 g/mol. The Morgan fingerprint density at radius 1 is 1.33 bits per heavy atom. The third-order valence-corrected chi connectivity index (χ3v) is 5.84. The summed E-state index contributed by atoms with van der Waals surface area (Å²) in [5, 5.41) is 16.0. The number of hydrogen-bond acceptors (Lipinski definition) is 6. The molecule has 0 spiro atoms. The third kappa shape index (κ3) is 4.43. The van der Waals surface area contributed by atoms with Crippen LogP contribution in [0.15, 0.2) is 18.2 Å². The number of nitrogens with one attached hydrogen (secondary N) is 2. The summed E-state index contributed by atoms with van der Waals surface area (Å²) < 4.78 is 5.16. The minimum atomic E-state index is -0.390. The quantitative estimate of drug-likeness (QED) is 0.609. The summed E-state index contributed by atoms with van der Waals surface area (Å²) in [5.41, 5.74) is 2.75. The standard InChI is InChI=1S/C19H21ClN2O4S/c1-2-26-19(25)17-12-4-3-5-15(12)27-18(17)22-16(24)9-21-14-8-11(10-23)6-7-13(14)20/h6-8,21,23H,2-5,9-10H2,1H3,(H,22,24). The van der Waals surface area contributed by atoms with Crippen molar-refractivity contribution < 1.29 is 19.4 Å². The van der Waals surface area contributed by atoms with E-state index in [1.165, 1.54) is 11.3 Å². The first-order valence-corrected chi connectivity index (χ1v) is 9.97. The number of fused-ring (bicyclic) bond motifs is 1. The van der Waals surface area contributed by atoms with Crippen LogP contribution in [0.4, 0.5) is 10.7 Å². The van der Waals surface area contributed by atoms with Gasteiger partial charge in [0.15, 0.2) is 0 Å². The lowest BCUT2D eigenvalue weighted by molar-refractivity contribution is -0.114. The number of aliphatic hydroxyl groups excluding tert-OH is 1. The van der Waals surface area contributed by atoms with E-state index in [2.05, 4.69) is 10.6 Å². The molecule has 1 heterocycles. The molecule has 0 unspecified atom stereocenters. The molecular formula is C19H21ClN2O4S. The second kappa shape index (κ2) is 8.73. The van der Waals surface area contributed by atoms with Crippen molar-refractivity contribution in [1.29, 1.82) is 0 Å². The van der Waals surface area contributed by atoms with E-state index in [0.29, 0.717) is 26.8 Å². The van der Waals surface area contributed by atoms with E-state index < -0.39 is 0 Å². The average molecular weight is 409 g/mol. The lowest BCUT2D eigenvalue weighted by Crippen LogP contribution is -2.23. The van der Waals surface area contributed by atoms with Crippen molar-refractivity contribution >= 4 is 45.5 Å². The molecule has 0 radical (unpaired) electrons. The molecule has 1 aromatic heterocycles. The van der Waals surface area contributed by atoms with Gasteiger partial charge in [-0.15, -0.1) is 11.3 Å². The van der Waals surface area contributed by atoms with Gasteiger partial charge in [-0.2, -0.15) is 0 Å². The molecule has 0 fully saturated rings. The van der Waals surface area contributed by atoms with Gasteiger partial charge >= 0.3 is 5.97 Å². The number of anilines is 2. The molecule has 2 aromatic rings. The molecule has 0 aliphatic heterocycles. The van der Waals surface area contributed by atoms with Gasteiger partial charge < -0.3 is 20.5 Å². The Morgan fingerprint density at radius 2 is 2.15 bits per heavy atom. The maximum atomic E-state index is 12.4. The molecule has 8 heteroatoms. The number of rotatable bonds is 7. The van der Waals surface area contributed by atoms with Gasteiger partial charge in [0.2, 0.25) is 5.91 Å². The molecule has 1 amide bonds. The predicted octanol–water partition coefficient (Wildman–Crippen LogP) is 3.61. The fourth-order valence-electron chi connectivity index (χ4n) is 3.06. The van der Waals surface area contributed by atoms with Crippen molar-refractivity contribution in [3.05, 3.63) is 44.8 Å². The minimum Gasteiger partial charge on any atom is -0.462 e. The van der Waals surface area contributed by atoms with Gasteiger partial charge in [-0.05, 0) is 49.4 Å². The fraction of sp³-hybridized carbons (Fsp3) is 0.368. The van der Waals surface area contributed by atoms with E-state index in [1.807, 2.05) is 0 Å². The van der Waals surface area contributed by atoms with Crippen molar-refractivity contribution in [2.75, 3.05) is 23.8 Å². The van der Waals surface area contributed by atoms with Crippen molar-refractivity contribution in [2.24, 2.45) is 0 Å². The number of aliphatic hydroxyl groups is 1. The van der Waals surface area contributed by atoms with Gasteiger partial charge in [-0.1, -0.05) is 17.7 Å². The fourth-order valence-corrected chi connectivity index (χ4v) is 4.54. The number of benzene rings is 1. The van der Waals surface area contributed by atoms with Gasteiger partial charge in [-0.25, -0.2) is 4.79 Å². The Bertz CT molecular complexity index is 866. The molecule has 144 valence electrons. The first-order valence-electron chi connectivity index (χ1n) is 8.78. The zero-order valence-corrected chi connectivity index (χ0v) is 16.5. The van der Waals surface area contributed by atoms with Crippen molar-refractivity contribution in [2.45, 2.75) is 32.8 Å². The summed E-state index contributed by atoms with van der Waals surface area (Å²) in [6.45, 7) is 1.93. The van der Waals surface area contributed by atoms with Crippen molar-refractivity contribution in [1.82, 2.24) is 0 Å². The van der Waals surface area contributed by atoms with Gasteiger partial charge in [0.25, 0.3) is 0 Å². The molecule has 3 N–H and O–H groups in total. The average Bonchev–Trinajstić information content (AvgIpc) is 3.21. The first kappa shape index (κ1) is 19.7. The number of ether oxygens (including phenoxy) is 1. The molecule has 0 saturated heterocycles. The van der Waals surface area contributed by atoms with Crippen LogP contribution in [0.1, 0.15) is 39.7 Å². The Balaban J connectivity index is 1.70. The lowest BCUT2D eigenvalue weighted by Gasteiger charge is -2.11. The highest BCUT2D eigenvalue weighted by Crippen LogP contribution is 2.39. The van der Waals surface area contributed by atoms with E-state index in [4.69, 9.17) is 16.3 Å². The molecule has 0 bridgehead atoms. The van der Waals surface area contributed by atoms with Gasteiger partial charge in [0.05, 0.1) is 36.0 Å². The third-order valence-electron chi connectivity index (χ3n) is 4.31. The van der Waals surface area contributed by atoms with Crippen LogP contribution in [-0.2, 0) is 29.0 Å². The molecule has 1 aliphatic carbocycles. The van der Waals surface area contributed by atoms with E-state index in [0.717, 1.165) is 29.7 Å². The zero-order valence-electron chi connectivity index (χ0n) is 14.9. The second-order valence-corrected chi connectivity index (χ2v) is 7.67. The molecule has 27 heavy (non-hydrogen) atoms. The normalized spacial score (nSPS) is 12.6. The number of halogens is 1. The van der Waals surface area contributed by atoms with Crippen molar-refractivity contribution in [3.63, 3.8) is 0 Å². The number of carbonyl (C=O) groups is 2. The molecule has 0 saturated carbocycles. The number of hydrogen-bond donors (Lipinski definition) is 3. The number of amides is 1. The molecule has 1 aliphatic rings. The maximum Gasteiger partial charge on any atom is 0.341 e. The number of esters is 1. The first-order chi connectivity index (χ1) is 13.0. The summed E-state index contributed by atoms with van der Waals surface area (Å²) in [7, 11) is 0. The Kier molecular flexibility index (Phi) is 6.36. The summed E-state index contributed by atoms with van der Waals surface area (Å²) in [6, 6.07) is 5.07. The Labute approximate surface area is 166 Å². The van der Waals surface area contributed by atoms with Crippen LogP contribution < -0.4 is 10.6 Å². The van der Waals surface area contributed by atoms with Crippen molar-refractivity contribution in [3.8, 4) is 0 Å². The largest absolute Gasteiger partial charge is 0.462 e. The topological polar surface area (TPSA) is 87.7 Å². The van der Waals surface area contributed by atoms with E-state index >= 15 is 0 Å². The van der Waals surface area contributed by atoms with Crippen LogP contribution >= 0.6 is 22.9 Å². The highest BCUT2D eigenvalue weighted by molar-refractivity contribution is 7.17. The highest BCUT2D eigenvalue weighted by Gasteiger charge is 2.28. The van der Waals surface area contributed by atoms with Gasteiger partial charge in [-0.3, -0.25) is 4.79 Å². The van der Waals surface area contributed by atoms with Crippen LogP contribution in [0, 0.1) is 0 Å². The molecule has 3 rings (SSSR count). The summed E-state index contributed by atoms with van der Waals surface area (Å²) in [4.78, 5) is 25.9. The zero-order chi connectivity index (χ0) is 19.4. The molecule has 0 atom stereocenters. The van der Waals surface area contributed by atoms with Crippen LogP contribution in [-0.4, -0.2) is 30.1 Å². The van der Waals surface area contributed by atoms with E-state index in [9.17, 15) is 14.7 Å². The summed E-state index contributed by atoms with van der Waals surface area (Å²) >= 11 is 7.56. The number of carbonyl (C=O) groups excluding carboxylic acids is 2. The predicted molar refractivity (Wildman–Crippen MR) is 107 cm³/mol. The SMILES string of the molecule is CCOC(=O)c1c(NC(=O)CNc2cc(CO)ccc2Cl)sc2c1CCC2. The minimum absolute atomic E-state index is 0.0145. The van der Waals surface area contributed by atoms with Gasteiger partial charge in [0.1, 0.15) is 5.00 Å². The van der Waals surface area contributed by atoms with E-state index in [1.54, 1.807) is 25.1 Å². The van der Waals surface area contributed by atoms with Crippen LogP contribution in [0.5, 0.6) is 0 Å². The highest BCUT2D eigenvalue weighted by atomic mass is 35.5. The van der Waals surface area contributed by atoms with Crippen LogP contribution in [0.2, 0.25) is 5.02 Å². The monoisotopic (exact) mass is 408 g/mol. The lowest BCUT2D eigenvalue weighted by atomic mass is 10.1. The van der Waals surface area contributed by atoms with E-state index in [-0.39, 0.29) is 31.6 Å². The number of aryl methyl sites for hydroxylation is 1. The Hall–Kier alpha value is -2.09. The molecule has 1 aromatic carbocycles. The smallest absolute Gasteiger partial charge is 0.341 e. The number of thiophene rings is 1. The summed E-state index contributed by atoms with van der Waals surface area (Å²) in [6.07, 6.45) is 2.77. The Morgan fingerprint density at radius 3 is 2.89 bits per heavy atom.